The standard InChI is InChI=1S/C108H114O21/c109-93-98(119-69-85-53-29-9-30-54-85)94(115-65-81-45-21-5-22-46-81)90(74-112-62-78-39-15-2-16-40-78)124-106(93)128-103-100(121-71-87-57-33-11-34-58-87)96(117-67-83-49-25-7-26-50-83)92(76-114-64-80-43-19-4-20-44-80)126-108(103)129-104-101(122-72-88-59-35-12-36-60-88)97(118-68-84-51-27-8-28-52-84)91(75-113-63-79-41-17-3-18-42-79)125-107(104)127-102-99(120-70-86-55-31-10-32-56-86)95(116-66-82-47-23-6-24-48-82)89(123-105(102)110)73-111-61-77-37-13-1-14-38-77/h1-60,89-110H,61-76H2/t89-,90-,91-,92-,93+,94-,95-,96-,97-,98-,99+,100+,101+,102+,103+,104+,105+,106+,107+,108+/m1/s1. The molecule has 0 radical (unpaired) electrons. The van der Waals surface area contributed by atoms with Crippen LogP contribution < -0.4 is 0 Å². The van der Waals surface area contributed by atoms with Gasteiger partial charge in [-0.25, -0.2) is 0 Å². The average Bonchev–Trinajstić information content (AvgIpc) is 0.758. The Bertz CT molecular complexity index is 5070. The van der Waals surface area contributed by atoms with E-state index in [2.05, 4.69) is 0 Å². The molecule has 16 rings (SSSR count). The van der Waals surface area contributed by atoms with Crippen molar-refractivity contribution in [2.75, 3.05) is 26.4 Å². The highest BCUT2D eigenvalue weighted by Gasteiger charge is 2.59. The number of hydrogen-bond acceptors (Lipinski definition) is 21. The van der Waals surface area contributed by atoms with Crippen molar-refractivity contribution in [3.8, 4) is 0 Å². The number of rotatable bonds is 46. The van der Waals surface area contributed by atoms with Crippen molar-refractivity contribution in [3.63, 3.8) is 0 Å². The molecular weight excluding hydrogens is 1630 g/mol. The summed E-state index contributed by atoms with van der Waals surface area (Å²) in [5, 5.41) is 27.2. The molecule has 4 heterocycles. The molecule has 0 unspecified atom stereocenters. The zero-order chi connectivity index (χ0) is 87.7. The molecular formula is C108H114O21. The van der Waals surface area contributed by atoms with E-state index in [0.29, 0.717) is 0 Å². The minimum Gasteiger partial charge on any atom is -0.385 e. The topological polar surface area (TPSA) is 216 Å². The van der Waals surface area contributed by atoms with Crippen LogP contribution in [0.5, 0.6) is 0 Å². The second kappa shape index (κ2) is 49.2. The Balaban J connectivity index is 0.857. The number of hydrogen-bond donors (Lipinski definition) is 2. The summed E-state index contributed by atoms with van der Waals surface area (Å²) < 4.78 is 139. The molecule has 12 aromatic rings. The van der Waals surface area contributed by atoms with Crippen LogP contribution in [0.15, 0.2) is 364 Å². The Morgan fingerprint density at radius 2 is 0.341 bits per heavy atom. The minimum absolute atomic E-state index is 0.00000305. The number of aliphatic hydroxyl groups is 2. The van der Waals surface area contributed by atoms with Gasteiger partial charge < -0.3 is 100 Å². The number of benzene rings is 12. The predicted molar refractivity (Wildman–Crippen MR) is 482 cm³/mol. The van der Waals surface area contributed by atoms with Crippen LogP contribution in [0.25, 0.3) is 0 Å². The van der Waals surface area contributed by atoms with Gasteiger partial charge in [0.25, 0.3) is 0 Å². The first-order valence-electron chi connectivity index (χ1n) is 44.5. The summed E-state index contributed by atoms with van der Waals surface area (Å²) in [6, 6.07) is 118. The lowest BCUT2D eigenvalue weighted by molar-refractivity contribution is -0.415. The third-order valence-electron chi connectivity index (χ3n) is 23.1. The van der Waals surface area contributed by atoms with Crippen molar-refractivity contribution >= 4 is 0 Å². The molecule has 4 aliphatic heterocycles. The lowest BCUT2D eigenvalue weighted by Crippen LogP contribution is -2.69. The van der Waals surface area contributed by atoms with Gasteiger partial charge in [0.2, 0.25) is 0 Å². The Kier molecular flexibility index (Phi) is 35.1. The van der Waals surface area contributed by atoms with Crippen LogP contribution in [-0.2, 0) is 169 Å². The van der Waals surface area contributed by atoms with E-state index < -0.39 is 123 Å². The van der Waals surface area contributed by atoms with Gasteiger partial charge in [-0.15, -0.1) is 0 Å². The summed E-state index contributed by atoms with van der Waals surface area (Å²) in [4.78, 5) is 0. The molecule has 0 aliphatic carbocycles. The largest absolute Gasteiger partial charge is 0.385 e. The molecule has 0 aromatic heterocycles. The van der Waals surface area contributed by atoms with E-state index in [-0.39, 0.29) is 106 Å². The van der Waals surface area contributed by atoms with Gasteiger partial charge in [0.15, 0.2) is 25.2 Å². The second-order valence-corrected chi connectivity index (χ2v) is 32.6. The second-order valence-electron chi connectivity index (χ2n) is 32.6. The molecule has 0 saturated carbocycles. The van der Waals surface area contributed by atoms with Crippen molar-refractivity contribution in [2.45, 2.75) is 202 Å². The van der Waals surface area contributed by atoms with Crippen molar-refractivity contribution in [1.82, 2.24) is 0 Å². The summed E-state index contributed by atoms with van der Waals surface area (Å²) in [7, 11) is 0. The molecule has 12 aromatic carbocycles. The van der Waals surface area contributed by atoms with Gasteiger partial charge in [0.05, 0.1) is 106 Å². The SMILES string of the molecule is O[C@@H]1[C@H](O[C@@H]2[C@H](O[C@@H]3[C@H](O[C@H]4[C@@H](OCc5ccccc5)[C@H](OCc5ccccc5)[C@@H](COCc5ccccc5)O[C@@H]4O)O[C@H](COCc4ccccc4)[C@@H](OCc4ccccc4)[C@@H]3OCc3ccccc3)O[C@H](COCc3ccccc3)[C@@H](OCc3ccccc3)[C@@H]2OCc2ccccc2)O[C@H](COCc2ccccc2)[C@@H](OCc2ccccc2)[C@@H]1OCc1ccccc1. The van der Waals surface area contributed by atoms with E-state index in [1.54, 1.807) is 0 Å². The van der Waals surface area contributed by atoms with E-state index in [1.807, 2.05) is 364 Å². The molecule has 0 amide bonds. The minimum atomic E-state index is -1.78. The smallest absolute Gasteiger partial charge is 0.187 e. The molecule has 672 valence electrons. The van der Waals surface area contributed by atoms with Gasteiger partial charge in [0, 0.05) is 0 Å². The van der Waals surface area contributed by atoms with Crippen LogP contribution in [0.4, 0.5) is 0 Å². The Hall–Kier alpha value is -10.2. The highest BCUT2D eigenvalue weighted by Crippen LogP contribution is 2.42. The van der Waals surface area contributed by atoms with Crippen molar-refractivity contribution < 1.29 is 100 Å². The third kappa shape index (κ3) is 27.0. The van der Waals surface area contributed by atoms with Crippen molar-refractivity contribution in [3.05, 3.63) is 431 Å². The van der Waals surface area contributed by atoms with E-state index in [0.717, 1.165) is 66.8 Å². The number of aliphatic hydroxyl groups excluding tert-OH is 2. The maximum atomic E-state index is 13.8. The number of ether oxygens (including phenoxy) is 19. The van der Waals surface area contributed by atoms with Gasteiger partial charge in [-0.1, -0.05) is 364 Å². The quantitative estimate of drug-likeness (QED) is 0.0363. The Morgan fingerprint density at radius 3 is 0.581 bits per heavy atom. The first kappa shape index (κ1) is 92.1. The molecule has 129 heavy (non-hydrogen) atoms. The average molecular weight is 1750 g/mol. The van der Waals surface area contributed by atoms with E-state index in [4.69, 9.17) is 90.0 Å². The van der Waals surface area contributed by atoms with Crippen molar-refractivity contribution in [1.29, 1.82) is 0 Å². The first-order chi connectivity index (χ1) is 63.8. The van der Waals surface area contributed by atoms with E-state index >= 15 is 0 Å². The summed E-state index contributed by atoms with van der Waals surface area (Å²) in [6.45, 7) is 0.934. The van der Waals surface area contributed by atoms with E-state index in [9.17, 15) is 10.2 Å². The molecule has 21 nitrogen and oxygen atoms in total. The fraction of sp³-hybridized carbons (Fsp3) is 0.333. The van der Waals surface area contributed by atoms with Gasteiger partial charge in [0.1, 0.15) is 97.7 Å². The van der Waals surface area contributed by atoms with Gasteiger partial charge >= 0.3 is 0 Å². The van der Waals surface area contributed by atoms with Crippen LogP contribution in [0, 0.1) is 0 Å². The Morgan fingerprint density at radius 1 is 0.171 bits per heavy atom. The zero-order valence-electron chi connectivity index (χ0n) is 72.2. The molecule has 4 fully saturated rings. The van der Waals surface area contributed by atoms with Crippen LogP contribution in [-0.4, -0.2) is 159 Å². The van der Waals surface area contributed by atoms with Gasteiger partial charge in [-0.2, -0.15) is 0 Å². The third-order valence-corrected chi connectivity index (χ3v) is 23.1. The van der Waals surface area contributed by atoms with E-state index in [1.165, 1.54) is 0 Å². The van der Waals surface area contributed by atoms with Crippen LogP contribution in [0.3, 0.4) is 0 Å². The van der Waals surface area contributed by atoms with Crippen molar-refractivity contribution in [2.24, 2.45) is 0 Å². The van der Waals surface area contributed by atoms with Crippen LogP contribution in [0.2, 0.25) is 0 Å². The predicted octanol–water partition coefficient (Wildman–Crippen LogP) is 16.9. The summed E-state index contributed by atoms with van der Waals surface area (Å²) >= 11 is 0. The fourth-order valence-electron chi connectivity index (χ4n) is 16.5. The summed E-state index contributed by atoms with van der Waals surface area (Å²) in [5.74, 6) is 0. The summed E-state index contributed by atoms with van der Waals surface area (Å²) in [5.41, 5.74) is 10.4. The lowest BCUT2D eigenvalue weighted by atomic mass is 9.94. The molecule has 4 aliphatic rings. The highest BCUT2D eigenvalue weighted by molar-refractivity contribution is 5.23. The normalized spacial score (nSPS) is 25.8. The van der Waals surface area contributed by atoms with Gasteiger partial charge in [-0.3, -0.25) is 0 Å². The molecule has 0 bridgehead atoms. The monoisotopic (exact) mass is 1750 g/mol. The molecule has 4 saturated heterocycles. The first-order valence-corrected chi connectivity index (χ1v) is 44.5. The fourth-order valence-corrected chi connectivity index (χ4v) is 16.5. The molecule has 0 spiro atoms. The maximum Gasteiger partial charge on any atom is 0.187 e. The Labute approximate surface area is 755 Å². The molecule has 21 heteroatoms. The highest BCUT2D eigenvalue weighted by atomic mass is 16.8. The van der Waals surface area contributed by atoms with Gasteiger partial charge in [-0.05, 0) is 66.8 Å². The van der Waals surface area contributed by atoms with Crippen LogP contribution in [0.1, 0.15) is 66.8 Å². The molecule has 2 N–H and O–H groups in total. The lowest BCUT2D eigenvalue weighted by Gasteiger charge is -2.52. The maximum absolute atomic E-state index is 13.8. The molecule has 20 atom stereocenters. The van der Waals surface area contributed by atoms with Crippen LogP contribution >= 0.6 is 0 Å². The summed E-state index contributed by atoms with van der Waals surface area (Å²) in [6.07, 6.45) is -25.9. The zero-order valence-corrected chi connectivity index (χ0v) is 72.2.